The van der Waals surface area contributed by atoms with Gasteiger partial charge in [-0.15, -0.1) is 0 Å². The second kappa shape index (κ2) is 8.91. The van der Waals surface area contributed by atoms with E-state index in [-0.39, 0.29) is 16.7 Å². The number of hydrogen-bond donors (Lipinski definition) is 2. The first kappa shape index (κ1) is 22.8. The molecule has 1 saturated heterocycles. The van der Waals surface area contributed by atoms with Gasteiger partial charge in [0, 0.05) is 17.7 Å². The number of carbonyl (C=O) groups excluding carboxylic acids is 1. The van der Waals surface area contributed by atoms with Gasteiger partial charge in [0.25, 0.3) is 5.91 Å². The Morgan fingerprint density at radius 3 is 2.18 bits per heavy atom. The van der Waals surface area contributed by atoms with Crippen molar-refractivity contribution >= 4 is 23.7 Å². The molecular formula is C23H36N2O2S. The number of nitrogens with one attached hydrogen (secondary N) is 1. The van der Waals surface area contributed by atoms with Gasteiger partial charge in [-0.2, -0.15) is 0 Å². The lowest BCUT2D eigenvalue weighted by Gasteiger charge is -2.28. The lowest BCUT2D eigenvalue weighted by Crippen LogP contribution is -2.39. The van der Waals surface area contributed by atoms with Crippen LogP contribution >= 0.6 is 11.8 Å². The van der Waals surface area contributed by atoms with Gasteiger partial charge in [-0.25, -0.2) is 5.43 Å². The van der Waals surface area contributed by atoms with Crippen molar-refractivity contribution in [2.75, 3.05) is 12.4 Å². The van der Waals surface area contributed by atoms with Crippen molar-refractivity contribution in [1.82, 2.24) is 10.4 Å². The van der Waals surface area contributed by atoms with E-state index in [0.717, 1.165) is 34.6 Å². The Kier molecular flexibility index (Phi) is 7.27. The highest BCUT2D eigenvalue weighted by Gasteiger charge is 2.29. The first-order valence-corrected chi connectivity index (χ1v) is 11.2. The predicted molar refractivity (Wildman–Crippen MR) is 120 cm³/mol. The smallest absolute Gasteiger partial charge is 0.275 e. The van der Waals surface area contributed by atoms with E-state index in [9.17, 15) is 9.90 Å². The van der Waals surface area contributed by atoms with Crippen molar-refractivity contribution in [3.05, 3.63) is 33.7 Å². The minimum atomic E-state index is -0.182. The molecule has 28 heavy (non-hydrogen) atoms. The number of carbonyl (C=O) groups is 1. The minimum Gasteiger partial charge on any atom is -0.507 e. The van der Waals surface area contributed by atoms with E-state index in [4.69, 9.17) is 0 Å². The second-order valence-corrected chi connectivity index (χ2v) is 10.6. The molecule has 0 unspecified atom stereocenters. The highest BCUT2D eigenvalue weighted by Crippen LogP contribution is 2.40. The first-order chi connectivity index (χ1) is 12.9. The van der Waals surface area contributed by atoms with Gasteiger partial charge in [0.2, 0.25) is 0 Å². The van der Waals surface area contributed by atoms with Crippen LogP contribution in [0, 0.1) is 0 Å². The summed E-state index contributed by atoms with van der Waals surface area (Å²) in [6.07, 6.45) is 5.38. The van der Waals surface area contributed by atoms with Gasteiger partial charge in [0.05, 0.1) is 10.8 Å². The predicted octanol–water partition coefficient (Wildman–Crippen LogP) is 5.56. The fraction of sp³-hybridized carbons (Fsp3) is 0.609. The Bertz CT molecular complexity index is 707. The van der Waals surface area contributed by atoms with Gasteiger partial charge in [0.15, 0.2) is 0 Å². The molecule has 0 aromatic heterocycles. The maximum Gasteiger partial charge on any atom is 0.275 e. The summed E-state index contributed by atoms with van der Waals surface area (Å²) in [7, 11) is 0. The number of unbranched alkanes of at least 4 members (excludes halogenated alkanes) is 2. The zero-order valence-electron chi connectivity index (χ0n) is 18.5. The molecule has 0 atom stereocenters. The van der Waals surface area contributed by atoms with Crippen molar-refractivity contribution in [3.63, 3.8) is 0 Å². The molecule has 1 amide bonds. The summed E-state index contributed by atoms with van der Waals surface area (Å²) in [6.45, 7) is 15.6. The third-order valence-corrected chi connectivity index (χ3v) is 5.92. The molecule has 156 valence electrons. The van der Waals surface area contributed by atoms with Crippen molar-refractivity contribution in [2.24, 2.45) is 0 Å². The summed E-state index contributed by atoms with van der Waals surface area (Å²) < 4.78 is 0. The lowest BCUT2D eigenvalue weighted by molar-refractivity contribution is -0.127. The molecule has 1 aromatic carbocycles. The Morgan fingerprint density at radius 2 is 1.68 bits per heavy atom. The number of hydrogen-bond acceptors (Lipinski definition) is 4. The number of hydrazine groups is 1. The van der Waals surface area contributed by atoms with Crippen LogP contribution in [0.15, 0.2) is 17.0 Å². The Morgan fingerprint density at radius 1 is 1.11 bits per heavy atom. The molecule has 1 aliphatic heterocycles. The van der Waals surface area contributed by atoms with Gasteiger partial charge in [-0.1, -0.05) is 73.1 Å². The molecule has 1 fully saturated rings. The number of benzene rings is 1. The van der Waals surface area contributed by atoms with Crippen LogP contribution in [-0.4, -0.2) is 28.4 Å². The molecule has 0 radical (unpaired) electrons. The summed E-state index contributed by atoms with van der Waals surface area (Å²) >= 11 is 1.56. The number of phenols is 1. The summed E-state index contributed by atoms with van der Waals surface area (Å²) in [4.78, 5) is 13.5. The molecule has 0 aliphatic carbocycles. The van der Waals surface area contributed by atoms with E-state index >= 15 is 0 Å². The molecule has 2 N–H and O–H groups in total. The van der Waals surface area contributed by atoms with E-state index in [1.807, 2.05) is 18.2 Å². The van der Waals surface area contributed by atoms with Crippen LogP contribution in [0.2, 0.25) is 0 Å². The average molecular weight is 405 g/mol. The molecule has 5 heteroatoms. The summed E-state index contributed by atoms with van der Waals surface area (Å²) in [5, 5.41) is 12.6. The molecule has 0 saturated carbocycles. The summed E-state index contributed by atoms with van der Waals surface area (Å²) in [6, 6.07) is 4.03. The van der Waals surface area contributed by atoms with Crippen LogP contribution in [0.5, 0.6) is 5.75 Å². The van der Waals surface area contributed by atoms with E-state index in [0.29, 0.717) is 11.6 Å². The number of phenolic OH excluding ortho intramolecular Hbond substituents is 1. The van der Waals surface area contributed by atoms with Crippen LogP contribution < -0.4 is 5.43 Å². The molecule has 1 heterocycles. The Balaban J connectivity index is 2.31. The third kappa shape index (κ3) is 5.54. The van der Waals surface area contributed by atoms with Crippen molar-refractivity contribution in [3.8, 4) is 5.75 Å². The van der Waals surface area contributed by atoms with Crippen molar-refractivity contribution in [1.29, 1.82) is 0 Å². The quantitative estimate of drug-likeness (QED) is 0.482. The number of nitrogens with zero attached hydrogens (tertiary/aromatic N) is 1. The first-order valence-electron chi connectivity index (χ1n) is 10.2. The van der Waals surface area contributed by atoms with E-state index < -0.39 is 0 Å². The number of aromatic hydroxyl groups is 1. The molecular weight excluding hydrogens is 368 g/mol. The van der Waals surface area contributed by atoms with E-state index in [2.05, 4.69) is 53.9 Å². The minimum absolute atomic E-state index is 0.0317. The number of rotatable bonds is 6. The normalized spacial score (nSPS) is 17.0. The SMILES string of the molecule is CCCCCNN1CSC(=Cc2cc(C(C)(C)C)c(O)c(C(C)(C)C)c2)C1=O. The molecule has 4 nitrogen and oxygen atoms in total. The lowest BCUT2D eigenvalue weighted by atomic mass is 9.78. The van der Waals surface area contributed by atoms with Crippen LogP contribution in [0.3, 0.4) is 0 Å². The standard InChI is InChI=1S/C23H36N2O2S/c1-8-9-10-11-24-25-15-28-19(21(25)27)14-16-12-17(22(2,3)4)20(26)18(13-16)23(5,6)7/h12-14,24,26H,8-11,15H2,1-7H3. The van der Waals surface area contributed by atoms with Gasteiger partial charge < -0.3 is 5.11 Å². The third-order valence-electron chi connectivity index (χ3n) is 4.93. The molecule has 2 rings (SSSR count). The fourth-order valence-electron chi connectivity index (χ4n) is 3.23. The van der Waals surface area contributed by atoms with Gasteiger partial charge in [-0.05, 0) is 41.0 Å². The second-order valence-electron chi connectivity index (χ2n) is 9.60. The number of amides is 1. The Labute approximate surface area is 174 Å². The molecule has 0 bridgehead atoms. The highest BCUT2D eigenvalue weighted by atomic mass is 32.2. The average Bonchev–Trinajstić information content (AvgIpc) is 2.91. The van der Waals surface area contributed by atoms with E-state index in [1.54, 1.807) is 16.8 Å². The molecule has 1 aromatic rings. The topological polar surface area (TPSA) is 52.6 Å². The Hall–Kier alpha value is -1.46. The van der Waals surface area contributed by atoms with Crippen LogP contribution in [-0.2, 0) is 15.6 Å². The zero-order valence-corrected chi connectivity index (χ0v) is 19.3. The summed E-state index contributed by atoms with van der Waals surface area (Å²) in [5.74, 6) is 1.03. The fourth-order valence-corrected chi connectivity index (χ4v) is 4.16. The van der Waals surface area contributed by atoms with Crippen LogP contribution in [0.25, 0.3) is 6.08 Å². The van der Waals surface area contributed by atoms with Crippen LogP contribution in [0.4, 0.5) is 0 Å². The molecule has 1 aliphatic rings. The maximum atomic E-state index is 12.7. The van der Waals surface area contributed by atoms with Crippen molar-refractivity contribution in [2.45, 2.75) is 78.6 Å². The van der Waals surface area contributed by atoms with E-state index in [1.165, 1.54) is 12.8 Å². The van der Waals surface area contributed by atoms with Crippen molar-refractivity contribution < 1.29 is 9.90 Å². The maximum absolute atomic E-state index is 12.7. The monoisotopic (exact) mass is 404 g/mol. The van der Waals surface area contributed by atoms with Gasteiger partial charge in [0.1, 0.15) is 5.75 Å². The highest BCUT2D eigenvalue weighted by molar-refractivity contribution is 8.04. The van der Waals surface area contributed by atoms with Gasteiger partial charge in [-0.3, -0.25) is 9.80 Å². The largest absolute Gasteiger partial charge is 0.507 e. The molecule has 0 spiro atoms. The van der Waals surface area contributed by atoms with Crippen LogP contribution in [0.1, 0.15) is 84.4 Å². The number of thioether (sulfide) groups is 1. The summed E-state index contributed by atoms with van der Waals surface area (Å²) in [5.41, 5.74) is 5.68. The zero-order chi connectivity index (χ0) is 21.1. The van der Waals surface area contributed by atoms with Gasteiger partial charge >= 0.3 is 0 Å².